The van der Waals surface area contributed by atoms with Crippen molar-refractivity contribution < 1.29 is 9.66 Å². The summed E-state index contributed by atoms with van der Waals surface area (Å²) in [5.74, 6) is 0.172. The van der Waals surface area contributed by atoms with E-state index >= 15 is 0 Å². The standard InChI is InChI=1S/C11H20N4O3/c1-7(2)14-10(18-6-11(4,5)12)9(15(16)17)8(3)13-14/h7H,6,12H2,1-5H3. The molecule has 7 nitrogen and oxygen atoms in total. The molecule has 0 aliphatic rings. The highest BCUT2D eigenvalue weighted by atomic mass is 16.6. The van der Waals surface area contributed by atoms with Crippen LogP contribution in [0.15, 0.2) is 0 Å². The molecule has 0 atom stereocenters. The lowest BCUT2D eigenvalue weighted by molar-refractivity contribution is -0.386. The predicted molar refractivity (Wildman–Crippen MR) is 67.8 cm³/mol. The number of aryl methyl sites for hydroxylation is 1. The Hall–Kier alpha value is -1.63. The van der Waals surface area contributed by atoms with E-state index in [4.69, 9.17) is 10.5 Å². The van der Waals surface area contributed by atoms with Crippen LogP contribution in [0.25, 0.3) is 0 Å². The van der Waals surface area contributed by atoms with Crippen LogP contribution in [0.5, 0.6) is 5.88 Å². The van der Waals surface area contributed by atoms with E-state index in [1.165, 1.54) is 4.68 Å². The van der Waals surface area contributed by atoms with Crippen LogP contribution in [0.1, 0.15) is 39.4 Å². The highest BCUT2D eigenvalue weighted by Gasteiger charge is 2.29. The van der Waals surface area contributed by atoms with E-state index in [0.717, 1.165) is 0 Å². The largest absolute Gasteiger partial charge is 0.471 e. The molecule has 0 saturated heterocycles. The third-order valence-corrected chi connectivity index (χ3v) is 2.26. The molecule has 0 aromatic carbocycles. The Morgan fingerprint density at radius 3 is 2.50 bits per heavy atom. The summed E-state index contributed by atoms with van der Waals surface area (Å²) in [7, 11) is 0. The molecule has 1 heterocycles. The van der Waals surface area contributed by atoms with Crippen molar-refractivity contribution in [1.29, 1.82) is 0 Å². The summed E-state index contributed by atoms with van der Waals surface area (Å²) in [6, 6.07) is -0.0201. The molecule has 1 rings (SSSR count). The molecule has 0 saturated carbocycles. The minimum Gasteiger partial charge on any atom is -0.471 e. The summed E-state index contributed by atoms with van der Waals surface area (Å²) in [5, 5.41) is 15.2. The Bertz CT molecular complexity index is 446. The fraction of sp³-hybridized carbons (Fsp3) is 0.727. The van der Waals surface area contributed by atoms with E-state index in [1.807, 2.05) is 13.8 Å². The summed E-state index contributed by atoms with van der Waals surface area (Å²) in [6.45, 7) is 9.14. The normalized spacial score (nSPS) is 11.9. The van der Waals surface area contributed by atoms with Crippen LogP contribution >= 0.6 is 0 Å². The summed E-state index contributed by atoms with van der Waals surface area (Å²) in [4.78, 5) is 10.6. The lowest BCUT2D eigenvalue weighted by Gasteiger charge is -2.19. The van der Waals surface area contributed by atoms with Gasteiger partial charge in [0.15, 0.2) is 0 Å². The number of ether oxygens (including phenoxy) is 1. The van der Waals surface area contributed by atoms with Crippen molar-refractivity contribution in [1.82, 2.24) is 9.78 Å². The average molecular weight is 256 g/mol. The molecule has 7 heteroatoms. The molecule has 0 fully saturated rings. The van der Waals surface area contributed by atoms with E-state index in [-0.39, 0.29) is 24.2 Å². The molecule has 0 spiro atoms. The minimum absolute atomic E-state index is 0.0201. The molecule has 0 amide bonds. The second kappa shape index (κ2) is 4.93. The first-order valence-corrected chi connectivity index (χ1v) is 5.78. The summed E-state index contributed by atoms with van der Waals surface area (Å²) in [6.07, 6.45) is 0. The molecular weight excluding hydrogens is 236 g/mol. The molecule has 2 N–H and O–H groups in total. The van der Waals surface area contributed by atoms with Crippen molar-refractivity contribution >= 4 is 5.69 Å². The first-order valence-electron chi connectivity index (χ1n) is 5.78. The van der Waals surface area contributed by atoms with Gasteiger partial charge in [-0.25, -0.2) is 4.68 Å². The van der Waals surface area contributed by atoms with Crippen LogP contribution in [-0.4, -0.2) is 26.8 Å². The van der Waals surface area contributed by atoms with Gasteiger partial charge in [-0.15, -0.1) is 0 Å². The van der Waals surface area contributed by atoms with Gasteiger partial charge in [-0.3, -0.25) is 10.1 Å². The van der Waals surface area contributed by atoms with Crippen LogP contribution in [0.3, 0.4) is 0 Å². The van der Waals surface area contributed by atoms with Gasteiger partial charge in [0.1, 0.15) is 12.3 Å². The monoisotopic (exact) mass is 256 g/mol. The van der Waals surface area contributed by atoms with Gasteiger partial charge in [-0.1, -0.05) is 0 Å². The second-order valence-electron chi connectivity index (χ2n) is 5.31. The van der Waals surface area contributed by atoms with Crippen molar-refractivity contribution in [2.24, 2.45) is 5.73 Å². The van der Waals surface area contributed by atoms with Gasteiger partial charge in [-0.2, -0.15) is 5.10 Å². The van der Waals surface area contributed by atoms with Crippen molar-refractivity contribution in [3.8, 4) is 5.88 Å². The Morgan fingerprint density at radius 2 is 2.11 bits per heavy atom. The highest BCUT2D eigenvalue weighted by Crippen LogP contribution is 2.33. The van der Waals surface area contributed by atoms with E-state index < -0.39 is 10.5 Å². The topological polar surface area (TPSA) is 96.2 Å². The van der Waals surface area contributed by atoms with Crippen molar-refractivity contribution in [3.05, 3.63) is 15.8 Å². The molecule has 1 aromatic rings. The lowest BCUT2D eigenvalue weighted by Crippen LogP contribution is -2.39. The van der Waals surface area contributed by atoms with Crippen LogP contribution in [0.4, 0.5) is 5.69 Å². The zero-order chi connectivity index (χ0) is 14.1. The second-order valence-corrected chi connectivity index (χ2v) is 5.31. The number of hydrogen-bond acceptors (Lipinski definition) is 5. The smallest absolute Gasteiger partial charge is 0.353 e. The summed E-state index contributed by atoms with van der Waals surface area (Å²) in [5.41, 5.74) is 5.51. The molecule has 1 aromatic heterocycles. The Labute approximate surface area is 106 Å². The Balaban J connectivity index is 3.16. The van der Waals surface area contributed by atoms with E-state index in [0.29, 0.717) is 5.69 Å². The highest BCUT2D eigenvalue weighted by molar-refractivity contribution is 5.46. The summed E-state index contributed by atoms with van der Waals surface area (Å²) < 4.78 is 7.02. The quantitative estimate of drug-likeness (QED) is 0.640. The first-order chi connectivity index (χ1) is 8.13. The SMILES string of the molecule is Cc1nn(C(C)C)c(OCC(C)(C)N)c1[N+](=O)[O-]. The number of aromatic nitrogens is 2. The van der Waals surface area contributed by atoms with Gasteiger partial charge in [0, 0.05) is 5.54 Å². The predicted octanol–water partition coefficient (Wildman–Crippen LogP) is 1.80. The van der Waals surface area contributed by atoms with Gasteiger partial charge >= 0.3 is 5.69 Å². The van der Waals surface area contributed by atoms with Crippen molar-refractivity contribution in [2.75, 3.05) is 6.61 Å². The van der Waals surface area contributed by atoms with Crippen LogP contribution in [-0.2, 0) is 0 Å². The molecule has 0 unspecified atom stereocenters. The third kappa shape index (κ3) is 3.19. The van der Waals surface area contributed by atoms with Gasteiger partial charge < -0.3 is 10.5 Å². The maximum absolute atomic E-state index is 11.0. The van der Waals surface area contributed by atoms with E-state index in [2.05, 4.69) is 5.10 Å². The lowest BCUT2D eigenvalue weighted by atomic mass is 10.1. The number of hydrogen-bond donors (Lipinski definition) is 1. The van der Waals surface area contributed by atoms with Crippen LogP contribution in [0.2, 0.25) is 0 Å². The fourth-order valence-corrected chi connectivity index (χ4v) is 1.47. The maximum Gasteiger partial charge on any atom is 0.353 e. The molecule has 0 aliphatic heterocycles. The number of rotatable bonds is 5. The number of nitrogens with zero attached hydrogens (tertiary/aromatic N) is 3. The fourth-order valence-electron chi connectivity index (χ4n) is 1.47. The molecule has 0 aliphatic carbocycles. The Kier molecular flexibility index (Phi) is 3.95. The number of nitrogens with two attached hydrogens (primary N) is 1. The minimum atomic E-state index is -0.562. The zero-order valence-corrected chi connectivity index (χ0v) is 11.4. The third-order valence-electron chi connectivity index (χ3n) is 2.26. The average Bonchev–Trinajstić information content (AvgIpc) is 2.51. The van der Waals surface area contributed by atoms with Crippen molar-refractivity contribution in [2.45, 2.75) is 46.2 Å². The number of nitro groups is 1. The van der Waals surface area contributed by atoms with Crippen LogP contribution < -0.4 is 10.5 Å². The molecule has 102 valence electrons. The molecule has 18 heavy (non-hydrogen) atoms. The van der Waals surface area contributed by atoms with E-state index in [1.54, 1.807) is 20.8 Å². The first kappa shape index (κ1) is 14.4. The van der Waals surface area contributed by atoms with Gasteiger partial charge in [0.05, 0.1) is 11.0 Å². The van der Waals surface area contributed by atoms with Gasteiger partial charge in [0.25, 0.3) is 5.88 Å². The van der Waals surface area contributed by atoms with Gasteiger partial charge in [-0.05, 0) is 34.6 Å². The van der Waals surface area contributed by atoms with E-state index in [9.17, 15) is 10.1 Å². The zero-order valence-electron chi connectivity index (χ0n) is 11.4. The molecule has 0 radical (unpaired) electrons. The van der Waals surface area contributed by atoms with Gasteiger partial charge in [0.2, 0.25) is 0 Å². The maximum atomic E-state index is 11.0. The Morgan fingerprint density at radius 1 is 1.56 bits per heavy atom. The molecule has 0 bridgehead atoms. The summed E-state index contributed by atoms with van der Waals surface area (Å²) >= 11 is 0. The molecular formula is C11H20N4O3. The van der Waals surface area contributed by atoms with Crippen LogP contribution in [0, 0.1) is 17.0 Å². The van der Waals surface area contributed by atoms with Crippen molar-refractivity contribution in [3.63, 3.8) is 0 Å².